The molecule has 1 fully saturated rings. The molecule has 1 aliphatic rings. The maximum atomic E-state index is 9.34. The van der Waals surface area contributed by atoms with Crippen molar-refractivity contribution in [3.05, 3.63) is 72.6 Å². The molecule has 2 aromatic heterocycles. The highest BCUT2D eigenvalue weighted by Gasteiger charge is 2.12. The molecule has 0 saturated carbocycles. The third-order valence-electron chi connectivity index (χ3n) is 5.30. The largest absolute Gasteiger partial charge is 0.378 e. The first-order chi connectivity index (χ1) is 14.3. The van der Waals surface area contributed by atoms with Crippen LogP contribution in [0.15, 0.2) is 67.0 Å². The number of benzene rings is 2. The molecular formula is C24H19N3OS. The second-order valence-electron chi connectivity index (χ2n) is 7.04. The van der Waals surface area contributed by atoms with Crippen molar-refractivity contribution in [2.45, 2.75) is 0 Å². The fourth-order valence-corrected chi connectivity index (χ4v) is 4.78. The average Bonchev–Trinajstić information content (AvgIpc) is 3.29. The lowest BCUT2D eigenvalue weighted by molar-refractivity contribution is 0.122. The molecule has 0 N–H and O–H groups in total. The minimum absolute atomic E-state index is 0.607. The van der Waals surface area contributed by atoms with Gasteiger partial charge in [0.1, 0.15) is 6.07 Å². The van der Waals surface area contributed by atoms with Crippen LogP contribution in [0.25, 0.3) is 31.7 Å². The molecule has 4 aromatic rings. The quantitative estimate of drug-likeness (QED) is 0.468. The van der Waals surface area contributed by atoms with E-state index in [1.54, 1.807) is 23.7 Å². The Hall–Kier alpha value is -3.20. The highest BCUT2D eigenvalue weighted by atomic mass is 32.1. The maximum absolute atomic E-state index is 9.34. The number of nitrogens with zero attached hydrogens (tertiary/aromatic N) is 3. The Bertz CT molecular complexity index is 1220. The van der Waals surface area contributed by atoms with Crippen LogP contribution in [0.3, 0.4) is 0 Å². The fraction of sp³-hybridized carbons (Fsp3) is 0.167. The van der Waals surface area contributed by atoms with Gasteiger partial charge in [0.05, 0.1) is 18.8 Å². The topological polar surface area (TPSA) is 49.2 Å². The number of anilines is 1. The van der Waals surface area contributed by atoms with Crippen LogP contribution in [0.5, 0.6) is 0 Å². The molecule has 5 rings (SSSR count). The third-order valence-corrected chi connectivity index (χ3v) is 6.47. The van der Waals surface area contributed by atoms with Crippen LogP contribution in [0.4, 0.5) is 5.69 Å². The number of pyridine rings is 1. The van der Waals surface area contributed by atoms with Crippen LogP contribution in [0, 0.1) is 11.3 Å². The molecule has 1 saturated heterocycles. The number of fused-ring (bicyclic) bond motifs is 1. The van der Waals surface area contributed by atoms with Crippen molar-refractivity contribution in [2.24, 2.45) is 0 Å². The number of aromatic nitrogens is 1. The lowest BCUT2D eigenvalue weighted by Gasteiger charge is -2.29. The molecule has 4 nitrogen and oxygen atoms in total. The van der Waals surface area contributed by atoms with Crippen LogP contribution in [-0.4, -0.2) is 31.3 Å². The summed E-state index contributed by atoms with van der Waals surface area (Å²) in [5, 5.41) is 11.8. The summed E-state index contributed by atoms with van der Waals surface area (Å²) in [6, 6.07) is 21.6. The van der Waals surface area contributed by atoms with Crippen LogP contribution in [0.1, 0.15) is 5.56 Å². The minimum Gasteiger partial charge on any atom is -0.378 e. The van der Waals surface area contributed by atoms with Crippen molar-refractivity contribution >= 4 is 27.8 Å². The summed E-state index contributed by atoms with van der Waals surface area (Å²) < 4.78 is 5.46. The maximum Gasteiger partial charge on any atom is 0.101 e. The van der Waals surface area contributed by atoms with Gasteiger partial charge in [-0.2, -0.15) is 5.26 Å². The Morgan fingerprint density at radius 1 is 0.931 bits per heavy atom. The molecule has 0 atom stereocenters. The van der Waals surface area contributed by atoms with Gasteiger partial charge in [0.15, 0.2) is 0 Å². The number of morpholine rings is 1. The summed E-state index contributed by atoms with van der Waals surface area (Å²) in [5.74, 6) is 0. The molecule has 0 unspecified atom stereocenters. The first kappa shape index (κ1) is 17.9. The van der Waals surface area contributed by atoms with Crippen molar-refractivity contribution in [3.8, 4) is 27.0 Å². The SMILES string of the molecule is N#Cc1cnccc1-c1ccc(-c2ccc3cc(N4CCOCC4)ccc3c2)s1. The Morgan fingerprint density at radius 2 is 1.72 bits per heavy atom. The van der Waals surface area contributed by atoms with E-state index in [0.717, 1.165) is 36.7 Å². The van der Waals surface area contributed by atoms with Crippen LogP contribution >= 0.6 is 11.3 Å². The molecule has 2 aromatic carbocycles. The fourth-order valence-electron chi connectivity index (χ4n) is 3.74. The highest BCUT2D eigenvalue weighted by molar-refractivity contribution is 7.18. The van der Waals surface area contributed by atoms with E-state index in [0.29, 0.717) is 5.56 Å². The smallest absolute Gasteiger partial charge is 0.101 e. The van der Waals surface area contributed by atoms with E-state index < -0.39 is 0 Å². The molecule has 0 aliphatic carbocycles. The van der Waals surface area contributed by atoms with Gasteiger partial charge in [-0.25, -0.2) is 0 Å². The van der Waals surface area contributed by atoms with Gasteiger partial charge in [0.2, 0.25) is 0 Å². The summed E-state index contributed by atoms with van der Waals surface area (Å²) in [4.78, 5) is 8.71. The summed E-state index contributed by atoms with van der Waals surface area (Å²) in [6.45, 7) is 3.48. The van der Waals surface area contributed by atoms with Gasteiger partial charge < -0.3 is 9.64 Å². The van der Waals surface area contributed by atoms with E-state index in [9.17, 15) is 5.26 Å². The van der Waals surface area contributed by atoms with Gasteiger partial charge in [0, 0.05) is 46.5 Å². The van der Waals surface area contributed by atoms with E-state index in [2.05, 4.69) is 64.5 Å². The standard InChI is InChI=1S/C24H19N3OS/c25-15-20-16-26-8-7-22(20)24-6-5-23(29-24)19-2-1-18-14-21(4-3-17(18)13-19)27-9-11-28-12-10-27/h1-8,13-14,16H,9-12H2. The Balaban J connectivity index is 1.47. The lowest BCUT2D eigenvalue weighted by Crippen LogP contribution is -2.36. The summed E-state index contributed by atoms with van der Waals surface area (Å²) in [5.41, 5.74) is 4.00. The lowest BCUT2D eigenvalue weighted by atomic mass is 10.0. The monoisotopic (exact) mass is 397 g/mol. The first-order valence-electron chi connectivity index (χ1n) is 9.63. The first-order valence-corrected chi connectivity index (χ1v) is 10.4. The molecule has 142 valence electrons. The summed E-state index contributed by atoms with van der Waals surface area (Å²) in [6.07, 6.45) is 3.36. The molecule has 0 spiro atoms. The predicted molar refractivity (Wildman–Crippen MR) is 118 cm³/mol. The number of hydrogen-bond acceptors (Lipinski definition) is 5. The zero-order valence-corrected chi connectivity index (χ0v) is 16.7. The zero-order chi connectivity index (χ0) is 19.6. The van der Waals surface area contributed by atoms with Crippen molar-refractivity contribution < 1.29 is 4.74 Å². The number of hydrogen-bond donors (Lipinski definition) is 0. The van der Waals surface area contributed by atoms with Crippen LogP contribution in [0.2, 0.25) is 0 Å². The van der Waals surface area contributed by atoms with Gasteiger partial charge in [-0.1, -0.05) is 18.2 Å². The van der Waals surface area contributed by atoms with E-state index >= 15 is 0 Å². The van der Waals surface area contributed by atoms with E-state index in [1.807, 2.05) is 6.07 Å². The van der Waals surface area contributed by atoms with Crippen molar-refractivity contribution in [1.82, 2.24) is 4.98 Å². The molecular weight excluding hydrogens is 378 g/mol. The number of thiophene rings is 1. The van der Waals surface area contributed by atoms with Gasteiger partial charge in [-0.05, 0) is 52.7 Å². The Labute approximate surface area is 173 Å². The van der Waals surface area contributed by atoms with E-state index in [-0.39, 0.29) is 0 Å². The molecule has 1 aliphatic heterocycles. The van der Waals surface area contributed by atoms with Gasteiger partial charge in [-0.3, -0.25) is 4.98 Å². The van der Waals surface area contributed by atoms with Gasteiger partial charge in [-0.15, -0.1) is 11.3 Å². The molecule has 29 heavy (non-hydrogen) atoms. The Morgan fingerprint density at radius 3 is 2.59 bits per heavy atom. The van der Waals surface area contributed by atoms with E-state index in [1.165, 1.54) is 26.9 Å². The van der Waals surface area contributed by atoms with Crippen molar-refractivity contribution in [2.75, 3.05) is 31.2 Å². The molecule has 3 heterocycles. The highest BCUT2D eigenvalue weighted by Crippen LogP contribution is 2.37. The molecule has 0 amide bonds. The van der Waals surface area contributed by atoms with Crippen molar-refractivity contribution in [3.63, 3.8) is 0 Å². The van der Waals surface area contributed by atoms with Gasteiger partial charge >= 0.3 is 0 Å². The molecule has 0 radical (unpaired) electrons. The summed E-state index contributed by atoms with van der Waals surface area (Å²) >= 11 is 1.70. The van der Waals surface area contributed by atoms with Crippen LogP contribution in [-0.2, 0) is 4.74 Å². The zero-order valence-electron chi connectivity index (χ0n) is 15.8. The molecule has 0 bridgehead atoms. The summed E-state index contributed by atoms with van der Waals surface area (Å²) in [7, 11) is 0. The number of nitriles is 1. The van der Waals surface area contributed by atoms with Gasteiger partial charge in [0.25, 0.3) is 0 Å². The Kier molecular flexibility index (Phi) is 4.73. The predicted octanol–water partition coefficient (Wildman–Crippen LogP) is 5.34. The number of rotatable bonds is 3. The van der Waals surface area contributed by atoms with E-state index in [4.69, 9.17) is 4.74 Å². The molecule has 5 heteroatoms. The third kappa shape index (κ3) is 3.49. The minimum atomic E-state index is 0.607. The second-order valence-corrected chi connectivity index (χ2v) is 8.13. The normalized spacial score (nSPS) is 14.1. The average molecular weight is 398 g/mol. The van der Waals surface area contributed by atoms with Crippen LogP contribution < -0.4 is 4.90 Å². The second kappa shape index (κ2) is 7.67. The van der Waals surface area contributed by atoms with Crippen molar-refractivity contribution in [1.29, 1.82) is 5.26 Å². The number of ether oxygens (including phenoxy) is 1.